The minimum Gasteiger partial charge on any atom is -0.338 e. The molecule has 4 aromatic rings. The van der Waals surface area contributed by atoms with Crippen molar-refractivity contribution in [3.8, 4) is 0 Å². The highest BCUT2D eigenvalue weighted by Gasteiger charge is 2.09. The first-order valence-corrected chi connectivity index (χ1v) is 8.71. The minimum atomic E-state index is 0.277. The van der Waals surface area contributed by atoms with Crippen LogP contribution in [0.1, 0.15) is 5.56 Å². The van der Waals surface area contributed by atoms with Gasteiger partial charge in [-0.05, 0) is 30.3 Å². The number of nitrogens with zero attached hydrogens (tertiary/aromatic N) is 4. The molecule has 0 aliphatic heterocycles. The first kappa shape index (κ1) is 16.3. The van der Waals surface area contributed by atoms with Crippen LogP contribution in [0.15, 0.2) is 46.0 Å². The minimum absolute atomic E-state index is 0.277. The average molecular weight is 436 g/mol. The number of aromatic amines is 1. The van der Waals surface area contributed by atoms with Crippen molar-refractivity contribution in [2.75, 3.05) is 5.43 Å². The summed E-state index contributed by atoms with van der Waals surface area (Å²) in [7, 11) is 0. The zero-order valence-electron chi connectivity index (χ0n) is 12.5. The summed E-state index contributed by atoms with van der Waals surface area (Å²) in [5.41, 5.74) is 5.74. The molecule has 2 aromatic carbocycles. The van der Waals surface area contributed by atoms with E-state index in [1.54, 1.807) is 24.4 Å². The summed E-state index contributed by atoms with van der Waals surface area (Å²) in [5.74, 6) is 0.277. The lowest BCUT2D eigenvalue weighted by molar-refractivity contribution is 1.01. The Hall–Kier alpha value is -2.22. The van der Waals surface area contributed by atoms with Crippen LogP contribution in [-0.2, 0) is 0 Å². The predicted octanol–water partition coefficient (Wildman–Crippen LogP) is 5.02. The lowest BCUT2D eigenvalue weighted by Gasteiger charge is -1.99. The van der Waals surface area contributed by atoms with Gasteiger partial charge in [0, 0.05) is 26.0 Å². The number of hydrogen-bond donors (Lipinski definition) is 2. The van der Waals surface area contributed by atoms with Crippen molar-refractivity contribution in [1.82, 2.24) is 20.2 Å². The highest BCUT2D eigenvalue weighted by atomic mass is 79.9. The third kappa shape index (κ3) is 3.30. The van der Waals surface area contributed by atoms with Crippen molar-refractivity contribution < 1.29 is 0 Å². The molecule has 0 spiro atoms. The molecule has 2 heterocycles. The highest BCUT2D eigenvalue weighted by Crippen LogP contribution is 2.25. The Morgan fingerprint density at radius 2 is 2.00 bits per heavy atom. The topological polar surface area (TPSA) is 78.8 Å². The molecule has 2 N–H and O–H groups in total. The van der Waals surface area contributed by atoms with Crippen LogP contribution in [0.25, 0.3) is 22.1 Å². The molecule has 124 valence electrons. The Labute approximate surface area is 160 Å². The zero-order chi connectivity index (χ0) is 17.4. The van der Waals surface area contributed by atoms with Crippen LogP contribution in [0.4, 0.5) is 5.95 Å². The monoisotopic (exact) mass is 434 g/mol. The van der Waals surface area contributed by atoms with Crippen molar-refractivity contribution in [2.45, 2.75) is 0 Å². The number of fused-ring (bicyclic) bond motifs is 3. The molecule has 0 bridgehead atoms. The van der Waals surface area contributed by atoms with Gasteiger partial charge in [-0.1, -0.05) is 45.2 Å². The second-order valence-electron chi connectivity index (χ2n) is 5.18. The van der Waals surface area contributed by atoms with Crippen LogP contribution < -0.4 is 5.43 Å². The zero-order valence-corrected chi connectivity index (χ0v) is 15.6. The summed E-state index contributed by atoms with van der Waals surface area (Å²) >= 11 is 15.4. The highest BCUT2D eigenvalue weighted by molar-refractivity contribution is 9.10. The number of anilines is 1. The number of hydrogen-bond acceptors (Lipinski definition) is 5. The van der Waals surface area contributed by atoms with Gasteiger partial charge in [-0.3, -0.25) is 0 Å². The lowest BCUT2D eigenvalue weighted by atomic mass is 10.2. The smallest absolute Gasteiger partial charge is 0.265 e. The second-order valence-corrected chi connectivity index (χ2v) is 6.94. The van der Waals surface area contributed by atoms with E-state index in [0.717, 1.165) is 20.9 Å². The Balaban J connectivity index is 1.61. The molecular formula is C16H9BrCl2N6. The molecule has 0 radical (unpaired) electrons. The van der Waals surface area contributed by atoms with Gasteiger partial charge in [-0.2, -0.15) is 10.1 Å². The van der Waals surface area contributed by atoms with Gasteiger partial charge in [-0.15, -0.1) is 10.2 Å². The first-order chi connectivity index (χ1) is 12.1. The van der Waals surface area contributed by atoms with Gasteiger partial charge in [-0.25, -0.2) is 5.43 Å². The third-order valence-electron chi connectivity index (χ3n) is 3.51. The number of nitrogens with one attached hydrogen (secondary N) is 2. The fraction of sp³-hybridized carbons (Fsp3) is 0. The van der Waals surface area contributed by atoms with Crippen LogP contribution in [0.2, 0.25) is 10.0 Å². The van der Waals surface area contributed by atoms with E-state index in [4.69, 9.17) is 23.2 Å². The maximum atomic E-state index is 6.09. The molecule has 6 nitrogen and oxygen atoms in total. The maximum Gasteiger partial charge on any atom is 0.265 e. The fourth-order valence-corrected chi connectivity index (χ4v) is 3.17. The molecule has 0 aliphatic rings. The number of H-pyrrole nitrogens is 1. The SMILES string of the molecule is Clc1ccc(/C=N\Nc2nnc3c(n2)[nH]c2ccc(Br)cc23)c(Cl)c1. The average Bonchev–Trinajstić information content (AvgIpc) is 2.94. The number of benzene rings is 2. The van der Waals surface area contributed by atoms with Gasteiger partial charge in [0.2, 0.25) is 0 Å². The van der Waals surface area contributed by atoms with Gasteiger partial charge in [0.15, 0.2) is 5.65 Å². The molecular weight excluding hydrogens is 427 g/mol. The summed E-state index contributed by atoms with van der Waals surface area (Å²) in [4.78, 5) is 7.59. The van der Waals surface area contributed by atoms with Crippen LogP contribution in [0, 0.1) is 0 Å². The van der Waals surface area contributed by atoms with Crippen molar-refractivity contribution in [3.05, 3.63) is 56.5 Å². The summed E-state index contributed by atoms with van der Waals surface area (Å²) < 4.78 is 0.967. The van der Waals surface area contributed by atoms with E-state index in [1.165, 1.54) is 0 Å². The van der Waals surface area contributed by atoms with Crippen LogP contribution in [0.5, 0.6) is 0 Å². The van der Waals surface area contributed by atoms with E-state index >= 15 is 0 Å². The number of rotatable bonds is 3. The Bertz CT molecular complexity index is 1120. The van der Waals surface area contributed by atoms with Crippen LogP contribution in [0.3, 0.4) is 0 Å². The van der Waals surface area contributed by atoms with E-state index in [0.29, 0.717) is 21.2 Å². The van der Waals surface area contributed by atoms with Gasteiger partial charge in [0.25, 0.3) is 5.95 Å². The van der Waals surface area contributed by atoms with E-state index in [2.05, 4.69) is 46.6 Å². The second kappa shape index (κ2) is 6.59. The van der Waals surface area contributed by atoms with Crippen molar-refractivity contribution in [1.29, 1.82) is 0 Å². The quantitative estimate of drug-likeness (QED) is 0.349. The predicted molar refractivity (Wildman–Crippen MR) is 105 cm³/mol. The van der Waals surface area contributed by atoms with Gasteiger partial charge >= 0.3 is 0 Å². The van der Waals surface area contributed by atoms with Crippen LogP contribution >= 0.6 is 39.1 Å². The third-order valence-corrected chi connectivity index (χ3v) is 4.56. The Morgan fingerprint density at radius 1 is 1.12 bits per heavy atom. The number of halogens is 3. The molecule has 2 aromatic heterocycles. The van der Waals surface area contributed by atoms with Crippen molar-refractivity contribution in [2.24, 2.45) is 5.10 Å². The first-order valence-electron chi connectivity index (χ1n) is 7.16. The van der Waals surface area contributed by atoms with Crippen molar-refractivity contribution >= 4 is 73.4 Å². The van der Waals surface area contributed by atoms with E-state index in [9.17, 15) is 0 Å². The molecule has 0 saturated heterocycles. The maximum absolute atomic E-state index is 6.09. The molecule has 0 saturated carbocycles. The van der Waals surface area contributed by atoms with E-state index < -0.39 is 0 Å². The molecule has 0 aliphatic carbocycles. The van der Waals surface area contributed by atoms with E-state index in [1.807, 2.05) is 18.2 Å². The van der Waals surface area contributed by atoms with Gasteiger partial charge in [0.1, 0.15) is 5.52 Å². The molecule has 4 rings (SSSR count). The summed E-state index contributed by atoms with van der Waals surface area (Å²) in [5, 5.41) is 14.4. The lowest BCUT2D eigenvalue weighted by Crippen LogP contribution is -1.99. The molecule has 0 unspecified atom stereocenters. The number of hydrazone groups is 1. The Kier molecular flexibility index (Phi) is 4.29. The Morgan fingerprint density at radius 3 is 2.84 bits per heavy atom. The molecule has 0 amide bonds. The van der Waals surface area contributed by atoms with Gasteiger partial charge < -0.3 is 4.98 Å². The van der Waals surface area contributed by atoms with Crippen LogP contribution in [-0.4, -0.2) is 26.4 Å². The summed E-state index contributed by atoms with van der Waals surface area (Å²) in [6.45, 7) is 0. The van der Waals surface area contributed by atoms with Gasteiger partial charge in [0.05, 0.1) is 11.2 Å². The molecule has 9 heteroatoms. The fourth-order valence-electron chi connectivity index (χ4n) is 2.36. The molecule has 0 atom stereocenters. The summed E-state index contributed by atoms with van der Waals surface area (Å²) in [6.07, 6.45) is 1.56. The standard InChI is InChI=1S/C16H9BrCl2N6/c17-9-2-4-13-11(5-9)14-15(21-13)22-16(25-23-14)24-20-7-8-1-3-10(18)6-12(8)19/h1-7H,(H2,21,22,24,25)/b20-7-. The number of aromatic nitrogens is 4. The van der Waals surface area contributed by atoms with Crippen molar-refractivity contribution in [3.63, 3.8) is 0 Å². The van der Waals surface area contributed by atoms with E-state index in [-0.39, 0.29) is 5.95 Å². The molecule has 0 fully saturated rings. The molecule has 25 heavy (non-hydrogen) atoms. The summed E-state index contributed by atoms with van der Waals surface area (Å²) in [6, 6.07) is 11.0. The normalized spacial score (nSPS) is 11.6. The largest absolute Gasteiger partial charge is 0.338 e.